The highest BCUT2D eigenvalue weighted by Gasteiger charge is 2.45. The zero-order chi connectivity index (χ0) is 9.28. The lowest BCUT2D eigenvalue weighted by atomic mass is 10.7. The number of halogens is 7. The Hall–Kier alpha value is 0.380. The van der Waals surface area contributed by atoms with Crippen molar-refractivity contribution in [2.75, 3.05) is 0 Å². The lowest BCUT2D eigenvalue weighted by molar-refractivity contribution is -0.259. The van der Waals surface area contributed by atoms with Gasteiger partial charge in [-0.2, -0.15) is 22.0 Å². The smallest absolute Gasteiger partial charge is 0.282 e. The molecule has 0 saturated heterocycles. The van der Waals surface area contributed by atoms with Crippen LogP contribution in [-0.4, -0.2) is 16.8 Å². The van der Waals surface area contributed by atoms with Gasteiger partial charge in [0.25, 0.3) is 0 Å². The number of ether oxygens (including phenoxy) is 1. The van der Waals surface area contributed by atoms with E-state index >= 15 is 0 Å². The molecule has 0 N–H and O–H groups in total. The molecule has 0 radical (unpaired) electrons. The fourth-order valence-corrected chi connectivity index (χ4v) is 0.616. The fraction of sp³-hybridized carbons (Fsp3) is 1.00. The van der Waals surface area contributed by atoms with Crippen LogP contribution in [0.15, 0.2) is 0 Å². The summed E-state index contributed by atoms with van der Waals surface area (Å²) in [6, 6.07) is 0. The van der Waals surface area contributed by atoms with Crippen molar-refractivity contribution in [3.8, 4) is 0 Å². The summed E-state index contributed by atoms with van der Waals surface area (Å²) in [6.45, 7) is 0. The molecule has 11 heavy (non-hydrogen) atoms. The molecule has 1 atom stereocenters. The molecule has 1 nitrogen and oxygen atoms in total. The molecular formula is C3HBrClF5O. The Bertz CT molecular complexity index is 131. The number of hydrogen-bond donors (Lipinski definition) is 0. The van der Waals surface area contributed by atoms with E-state index in [9.17, 15) is 22.0 Å². The predicted molar refractivity (Wildman–Crippen MR) is 30.7 cm³/mol. The van der Waals surface area contributed by atoms with Gasteiger partial charge >= 0.3 is 11.7 Å². The minimum Gasteiger partial charge on any atom is -0.282 e. The van der Waals surface area contributed by atoms with Crippen LogP contribution in [0.2, 0.25) is 0 Å². The molecule has 0 aliphatic carbocycles. The summed E-state index contributed by atoms with van der Waals surface area (Å²) >= 11 is 5.87. The molecule has 0 amide bonds. The highest BCUT2D eigenvalue weighted by molar-refractivity contribution is 9.09. The van der Waals surface area contributed by atoms with Gasteiger partial charge in [-0.25, -0.2) is 0 Å². The zero-order valence-electron chi connectivity index (χ0n) is 4.63. The third kappa shape index (κ3) is 5.63. The molecule has 0 aliphatic heterocycles. The number of rotatable bonds is 2. The Morgan fingerprint density at radius 3 is 1.64 bits per heavy atom. The van der Waals surface area contributed by atoms with Crippen molar-refractivity contribution in [1.82, 2.24) is 0 Å². The standard InChI is InChI=1S/C3HBrClF5O/c4-1(2(6,7)8)11-3(5,9)10/h1H. The quantitative estimate of drug-likeness (QED) is 0.549. The van der Waals surface area contributed by atoms with Gasteiger partial charge in [-0.1, -0.05) is 0 Å². The third-order valence-electron chi connectivity index (χ3n) is 0.494. The average molecular weight is 263 g/mol. The van der Waals surface area contributed by atoms with E-state index in [-0.39, 0.29) is 0 Å². The molecule has 0 aromatic carbocycles. The van der Waals surface area contributed by atoms with Crippen LogP contribution in [0, 0.1) is 0 Å². The average Bonchev–Trinajstić information content (AvgIpc) is 1.56. The lowest BCUT2D eigenvalue weighted by Gasteiger charge is -2.16. The molecule has 0 saturated carbocycles. The predicted octanol–water partition coefficient (Wildman–Crippen LogP) is 3.08. The van der Waals surface area contributed by atoms with E-state index in [1.165, 1.54) is 0 Å². The van der Waals surface area contributed by atoms with Gasteiger partial charge in [-0.05, 0) is 27.5 Å². The van der Waals surface area contributed by atoms with Crippen LogP contribution in [0.3, 0.4) is 0 Å². The van der Waals surface area contributed by atoms with Crippen LogP contribution < -0.4 is 0 Å². The molecular weight excluding hydrogens is 262 g/mol. The van der Waals surface area contributed by atoms with Gasteiger partial charge < -0.3 is 0 Å². The molecule has 0 bridgehead atoms. The van der Waals surface area contributed by atoms with E-state index < -0.39 is 16.8 Å². The van der Waals surface area contributed by atoms with Gasteiger partial charge in [0.1, 0.15) is 0 Å². The summed E-state index contributed by atoms with van der Waals surface area (Å²) in [5.74, 6) is 0. The monoisotopic (exact) mass is 262 g/mol. The molecule has 0 aromatic heterocycles. The van der Waals surface area contributed by atoms with E-state index in [1.807, 2.05) is 15.9 Å². The van der Waals surface area contributed by atoms with E-state index in [4.69, 9.17) is 0 Å². The van der Waals surface area contributed by atoms with Crippen LogP contribution in [0.1, 0.15) is 0 Å². The summed E-state index contributed by atoms with van der Waals surface area (Å²) in [6.07, 6.45) is -4.90. The van der Waals surface area contributed by atoms with Crippen LogP contribution in [-0.2, 0) is 4.74 Å². The largest absolute Gasteiger partial charge is 0.441 e. The van der Waals surface area contributed by atoms with Gasteiger partial charge in [0.2, 0.25) is 5.01 Å². The summed E-state index contributed by atoms with van der Waals surface area (Å²) < 4.78 is 60.3. The summed E-state index contributed by atoms with van der Waals surface area (Å²) in [4.78, 5) is 0. The summed E-state index contributed by atoms with van der Waals surface area (Å²) in [5, 5.41) is -2.76. The minimum absolute atomic E-state index is 1.82. The Morgan fingerprint density at radius 2 is 1.55 bits per heavy atom. The van der Waals surface area contributed by atoms with Crippen molar-refractivity contribution in [3.63, 3.8) is 0 Å². The first-order valence-electron chi connectivity index (χ1n) is 2.08. The van der Waals surface area contributed by atoms with Crippen molar-refractivity contribution in [2.24, 2.45) is 0 Å². The second-order valence-electron chi connectivity index (χ2n) is 1.42. The zero-order valence-corrected chi connectivity index (χ0v) is 6.97. The van der Waals surface area contributed by atoms with Crippen LogP contribution in [0.4, 0.5) is 22.0 Å². The first kappa shape index (κ1) is 11.4. The van der Waals surface area contributed by atoms with Gasteiger partial charge in [0, 0.05) is 0 Å². The Kier molecular flexibility index (Phi) is 3.52. The maximum Gasteiger partial charge on any atom is 0.441 e. The second kappa shape index (κ2) is 3.40. The number of hydrogen-bond acceptors (Lipinski definition) is 1. The SMILES string of the molecule is FC(F)(Cl)OC(Br)C(F)(F)F. The van der Waals surface area contributed by atoms with Crippen molar-refractivity contribution in [3.05, 3.63) is 0 Å². The Morgan fingerprint density at radius 1 is 1.18 bits per heavy atom. The van der Waals surface area contributed by atoms with Gasteiger partial charge in [-0.3, -0.25) is 4.74 Å². The Balaban J connectivity index is 3.99. The molecule has 0 spiro atoms. The topological polar surface area (TPSA) is 9.23 Å². The van der Waals surface area contributed by atoms with Gasteiger partial charge in [-0.15, -0.1) is 0 Å². The minimum atomic E-state index is -4.90. The lowest BCUT2D eigenvalue weighted by Crippen LogP contribution is -2.31. The van der Waals surface area contributed by atoms with Crippen LogP contribution >= 0.6 is 27.5 Å². The Labute approximate surface area is 71.6 Å². The van der Waals surface area contributed by atoms with Crippen LogP contribution in [0.5, 0.6) is 0 Å². The van der Waals surface area contributed by atoms with Gasteiger partial charge in [0.05, 0.1) is 0 Å². The fourth-order valence-electron chi connectivity index (χ4n) is 0.184. The molecule has 68 valence electrons. The molecule has 0 heterocycles. The maximum atomic E-state index is 11.5. The van der Waals surface area contributed by atoms with Crippen molar-refractivity contribution in [1.29, 1.82) is 0 Å². The summed E-state index contributed by atoms with van der Waals surface area (Å²) in [7, 11) is 0. The first-order valence-corrected chi connectivity index (χ1v) is 3.37. The molecule has 1 unspecified atom stereocenters. The number of alkyl halides is 7. The van der Waals surface area contributed by atoms with E-state index in [0.717, 1.165) is 0 Å². The molecule has 8 heteroatoms. The molecule has 0 aromatic rings. The molecule has 0 rings (SSSR count). The van der Waals surface area contributed by atoms with Crippen molar-refractivity contribution < 1.29 is 26.7 Å². The normalized spacial score (nSPS) is 16.6. The molecule has 0 aliphatic rings. The van der Waals surface area contributed by atoms with E-state index in [0.29, 0.717) is 0 Å². The summed E-state index contributed by atoms with van der Waals surface area (Å²) in [5.41, 5.74) is -4.32. The third-order valence-corrected chi connectivity index (χ3v) is 1.29. The maximum absolute atomic E-state index is 11.5. The van der Waals surface area contributed by atoms with E-state index in [1.54, 1.807) is 0 Å². The van der Waals surface area contributed by atoms with Crippen molar-refractivity contribution >= 4 is 27.5 Å². The van der Waals surface area contributed by atoms with Crippen molar-refractivity contribution in [2.45, 2.75) is 16.8 Å². The molecule has 0 fully saturated rings. The highest BCUT2D eigenvalue weighted by atomic mass is 79.9. The highest BCUT2D eigenvalue weighted by Crippen LogP contribution is 2.33. The van der Waals surface area contributed by atoms with E-state index in [2.05, 4.69) is 16.3 Å². The van der Waals surface area contributed by atoms with Crippen LogP contribution in [0.25, 0.3) is 0 Å². The second-order valence-corrected chi connectivity index (χ2v) is 2.69. The first-order chi connectivity index (χ1) is 4.63. The van der Waals surface area contributed by atoms with Gasteiger partial charge in [0.15, 0.2) is 0 Å².